The van der Waals surface area contributed by atoms with E-state index in [-0.39, 0.29) is 0 Å². The molecule has 2 aromatic heterocycles. The maximum absolute atomic E-state index is 12.4. The van der Waals surface area contributed by atoms with Crippen LogP contribution in [0, 0.1) is 6.92 Å². The fraction of sp³-hybridized carbons (Fsp3) is 0.273. The summed E-state index contributed by atoms with van der Waals surface area (Å²) in [5.41, 5.74) is 6.03. The summed E-state index contributed by atoms with van der Waals surface area (Å²) in [5.74, 6) is 0.325. The first-order valence-corrected chi connectivity index (χ1v) is 5.21. The van der Waals surface area contributed by atoms with E-state index < -0.39 is 11.9 Å². The number of hydrogen-bond donors (Lipinski definition) is 1. The Morgan fingerprint density at radius 1 is 1.33 bits per heavy atom. The third-order valence-corrected chi connectivity index (χ3v) is 2.35. The number of hydrogen-bond acceptors (Lipinski definition) is 3. The normalized spacial score (nSPS) is 11.8. The molecule has 0 bridgehead atoms. The van der Waals surface area contributed by atoms with Gasteiger partial charge in [-0.15, -0.1) is 0 Å². The van der Waals surface area contributed by atoms with Crippen LogP contribution in [0.1, 0.15) is 17.0 Å². The number of nitrogens with two attached hydrogens (primary N) is 1. The van der Waals surface area contributed by atoms with Gasteiger partial charge in [0.1, 0.15) is 0 Å². The minimum atomic E-state index is -4.45. The fourth-order valence-electron chi connectivity index (χ4n) is 1.56. The number of alkyl halides is 3. The van der Waals surface area contributed by atoms with Crippen LogP contribution in [0.25, 0.3) is 5.82 Å². The predicted molar refractivity (Wildman–Crippen MR) is 59.0 cm³/mol. The Balaban J connectivity index is 2.43. The van der Waals surface area contributed by atoms with Gasteiger partial charge in [0.25, 0.3) is 0 Å². The second kappa shape index (κ2) is 4.41. The van der Waals surface area contributed by atoms with Gasteiger partial charge in [-0.05, 0) is 30.7 Å². The van der Waals surface area contributed by atoms with Crippen molar-refractivity contribution in [3.8, 4) is 5.82 Å². The lowest BCUT2D eigenvalue weighted by Gasteiger charge is -2.05. The van der Waals surface area contributed by atoms with E-state index in [1.54, 1.807) is 19.1 Å². The summed E-state index contributed by atoms with van der Waals surface area (Å²) in [6, 6.07) is 4.30. The minimum Gasteiger partial charge on any atom is -0.326 e. The molecule has 0 saturated heterocycles. The third-order valence-electron chi connectivity index (χ3n) is 2.35. The van der Waals surface area contributed by atoms with Crippen molar-refractivity contribution in [3.05, 3.63) is 41.3 Å². The molecule has 0 saturated carbocycles. The summed E-state index contributed by atoms with van der Waals surface area (Å²) >= 11 is 0. The smallest absolute Gasteiger partial charge is 0.326 e. The second-order valence-electron chi connectivity index (χ2n) is 3.82. The van der Waals surface area contributed by atoms with Gasteiger partial charge in [0.2, 0.25) is 0 Å². The van der Waals surface area contributed by atoms with Gasteiger partial charge in [0, 0.05) is 18.4 Å². The Labute approximate surface area is 101 Å². The number of aryl methyl sites for hydroxylation is 1. The molecule has 0 radical (unpaired) electrons. The Morgan fingerprint density at radius 3 is 2.61 bits per heavy atom. The molecule has 2 heterocycles. The number of pyridine rings is 1. The predicted octanol–water partition coefficient (Wildman–Crippen LogP) is 2.05. The molecule has 0 aliphatic rings. The first-order valence-electron chi connectivity index (χ1n) is 5.21. The molecule has 4 nitrogen and oxygen atoms in total. The molecule has 0 fully saturated rings. The number of halogens is 3. The summed E-state index contributed by atoms with van der Waals surface area (Å²) in [6.07, 6.45) is -3.23. The number of rotatable bonds is 2. The third kappa shape index (κ3) is 2.51. The van der Waals surface area contributed by atoms with Crippen LogP contribution in [-0.4, -0.2) is 14.8 Å². The molecule has 0 aromatic carbocycles. The summed E-state index contributed by atoms with van der Waals surface area (Å²) in [6.45, 7) is 2.04. The summed E-state index contributed by atoms with van der Waals surface area (Å²) in [7, 11) is 0. The van der Waals surface area contributed by atoms with E-state index in [0.717, 1.165) is 16.3 Å². The molecule has 7 heteroatoms. The van der Waals surface area contributed by atoms with Gasteiger partial charge in [-0.2, -0.15) is 18.3 Å². The van der Waals surface area contributed by atoms with E-state index in [1.807, 2.05) is 0 Å². The highest BCUT2D eigenvalue weighted by atomic mass is 19.4. The van der Waals surface area contributed by atoms with Gasteiger partial charge in [-0.3, -0.25) is 0 Å². The van der Waals surface area contributed by atoms with Gasteiger partial charge in [-0.1, -0.05) is 0 Å². The van der Waals surface area contributed by atoms with Crippen LogP contribution in [0.15, 0.2) is 24.4 Å². The Morgan fingerprint density at radius 2 is 2.06 bits per heavy atom. The van der Waals surface area contributed by atoms with Crippen LogP contribution in [0.2, 0.25) is 0 Å². The van der Waals surface area contributed by atoms with E-state index in [2.05, 4.69) is 10.1 Å². The molecule has 0 spiro atoms. The fourth-order valence-corrected chi connectivity index (χ4v) is 1.56. The SMILES string of the molecule is Cc1cc(CN)cc(-n2ccc(C(F)(F)F)n2)n1. The molecule has 2 aromatic rings. The van der Waals surface area contributed by atoms with Crippen LogP contribution in [0.5, 0.6) is 0 Å². The zero-order valence-electron chi connectivity index (χ0n) is 9.57. The lowest BCUT2D eigenvalue weighted by molar-refractivity contribution is -0.141. The Kier molecular flexibility index (Phi) is 3.08. The van der Waals surface area contributed by atoms with Crippen molar-refractivity contribution in [3.63, 3.8) is 0 Å². The summed E-state index contributed by atoms with van der Waals surface area (Å²) in [5, 5.41) is 3.46. The van der Waals surface area contributed by atoms with Crippen molar-refractivity contribution in [2.45, 2.75) is 19.6 Å². The second-order valence-corrected chi connectivity index (χ2v) is 3.82. The van der Waals surface area contributed by atoms with E-state index in [9.17, 15) is 13.2 Å². The summed E-state index contributed by atoms with van der Waals surface area (Å²) in [4.78, 5) is 4.12. The van der Waals surface area contributed by atoms with Crippen molar-refractivity contribution in [2.75, 3.05) is 0 Å². The molecule has 0 amide bonds. The van der Waals surface area contributed by atoms with Crippen molar-refractivity contribution in [1.29, 1.82) is 0 Å². The minimum absolute atomic E-state index is 0.295. The molecular formula is C11H11F3N4. The molecule has 18 heavy (non-hydrogen) atoms. The van der Waals surface area contributed by atoms with E-state index >= 15 is 0 Å². The van der Waals surface area contributed by atoms with Crippen LogP contribution in [-0.2, 0) is 12.7 Å². The average Bonchev–Trinajstić information content (AvgIpc) is 2.77. The molecular weight excluding hydrogens is 245 g/mol. The van der Waals surface area contributed by atoms with Crippen molar-refractivity contribution < 1.29 is 13.2 Å². The van der Waals surface area contributed by atoms with Crippen molar-refractivity contribution in [2.24, 2.45) is 5.73 Å². The topological polar surface area (TPSA) is 56.7 Å². The maximum atomic E-state index is 12.4. The van der Waals surface area contributed by atoms with Crippen LogP contribution >= 0.6 is 0 Å². The molecule has 96 valence electrons. The molecule has 0 atom stereocenters. The van der Waals surface area contributed by atoms with Crippen molar-refractivity contribution in [1.82, 2.24) is 14.8 Å². The Hall–Kier alpha value is -1.89. The highest BCUT2D eigenvalue weighted by molar-refractivity contribution is 5.30. The largest absolute Gasteiger partial charge is 0.435 e. The lowest BCUT2D eigenvalue weighted by Crippen LogP contribution is -2.08. The number of aromatic nitrogens is 3. The zero-order chi connectivity index (χ0) is 13.3. The van der Waals surface area contributed by atoms with Gasteiger partial charge in [-0.25, -0.2) is 9.67 Å². The zero-order valence-corrected chi connectivity index (χ0v) is 9.57. The highest BCUT2D eigenvalue weighted by Gasteiger charge is 2.33. The van der Waals surface area contributed by atoms with E-state index in [4.69, 9.17) is 5.73 Å². The molecule has 0 unspecified atom stereocenters. The average molecular weight is 256 g/mol. The van der Waals surface area contributed by atoms with Crippen molar-refractivity contribution >= 4 is 0 Å². The van der Waals surface area contributed by atoms with Crippen LogP contribution in [0.3, 0.4) is 0 Å². The molecule has 2 N–H and O–H groups in total. The van der Waals surface area contributed by atoms with E-state index in [0.29, 0.717) is 18.1 Å². The first-order chi connectivity index (χ1) is 8.40. The van der Waals surface area contributed by atoms with Gasteiger partial charge in [0.15, 0.2) is 11.5 Å². The van der Waals surface area contributed by atoms with Gasteiger partial charge < -0.3 is 5.73 Å². The standard InChI is InChI=1S/C11H11F3N4/c1-7-4-8(6-15)5-10(16-7)18-3-2-9(17-18)11(12,13)14/h2-5H,6,15H2,1H3. The van der Waals surface area contributed by atoms with Crippen LogP contribution in [0.4, 0.5) is 13.2 Å². The maximum Gasteiger partial charge on any atom is 0.435 e. The first kappa shape index (κ1) is 12.6. The van der Waals surface area contributed by atoms with Gasteiger partial charge in [0.05, 0.1) is 0 Å². The highest BCUT2D eigenvalue weighted by Crippen LogP contribution is 2.27. The monoisotopic (exact) mass is 256 g/mol. The Bertz CT molecular complexity index is 560. The van der Waals surface area contributed by atoms with Gasteiger partial charge >= 0.3 is 6.18 Å². The molecule has 0 aliphatic heterocycles. The quantitative estimate of drug-likeness (QED) is 0.894. The molecule has 0 aliphatic carbocycles. The summed E-state index contributed by atoms with van der Waals surface area (Å²) < 4.78 is 38.4. The number of nitrogens with zero attached hydrogens (tertiary/aromatic N) is 3. The van der Waals surface area contributed by atoms with E-state index in [1.165, 1.54) is 6.20 Å². The van der Waals surface area contributed by atoms with Crippen LogP contribution < -0.4 is 5.73 Å². The molecule has 2 rings (SSSR count). The lowest BCUT2D eigenvalue weighted by atomic mass is 10.2.